The van der Waals surface area contributed by atoms with Gasteiger partial charge < -0.3 is 4.90 Å². The number of aromatic nitrogens is 3. The van der Waals surface area contributed by atoms with Gasteiger partial charge in [-0.15, -0.1) is 11.3 Å². The second-order valence-electron chi connectivity index (χ2n) is 5.61. The minimum atomic E-state index is 0.0952. The second kappa shape index (κ2) is 5.97. The zero-order valence-corrected chi connectivity index (χ0v) is 13.3. The third-order valence-electron chi connectivity index (χ3n) is 3.95. The summed E-state index contributed by atoms with van der Waals surface area (Å²) in [4.78, 5) is 20.2. The molecule has 0 bridgehead atoms. The first-order valence-electron chi connectivity index (χ1n) is 7.31. The van der Waals surface area contributed by atoms with E-state index < -0.39 is 0 Å². The highest BCUT2D eigenvalue weighted by atomic mass is 32.1. The fourth-order valence-electron chi connectivity index (χ4n) is 2.89. The van der Waals surface area contributed by atoms with Crippen molar-refractivity contribution in [3.8, 4) is 0 Å². The normalized spacial score (nSPS) is 17.5. The third-order valence-corrected chi connectivity index (χ3v) is 5.00. The molecule has 21 heavy (non-hydrogen) atoms. The number of thiazole rings is 1. The number of nitrogens with zero attached hydrogens (tertiary/aromatic N) is 4. The van der Waals surface area contributed by atoms with Crippen molar-refractivity contribution in [3.05, 3.63) is 34.0 Å². The Labute approximate surface area is 128 Å². The van der Waals surface area contributed by atoms with Gasteiger partial charge in [-0.2, -0.15) is 5.10 Å². The smallest absolute Gasteiger partial charge is 0.244 e. The van der Waals surface area contributed by atoms with E-state index in [4.69, 9.17) is 0 Å². The van der Waals surface area contributed by atoms with Gasteiger partial charge in [0, 0.05) is 36.8 Å². The Bertz CT molecular complexity index is 620. The number of aryl methyl sites for hydroxylation is 2. The molecule has 6 heteroatoms. The van der Waals surface area contributed by atoms with Crippen LogP contribution in [0, 0.1) is 6.92 Å². The van der Waals surface area contributed by atoms with Crippen LogP contribution < -0.4 is 0 Å². The van der Waals surface area contributed by atoms with Gasteiger partial charge in [-0.05, 0) is 32.3 Å². The summed E-state index contributed by atoms with van der Waals surface area (Å²) in [6.07, 6.45) is 6.96. The largest absolute Gasteiger partial charge is 0.343 e. The zero-order valence-electron chi connectivity index (χ0n) is 12.5. The maximum atomic E-state index is 12.2. The van der Waals surface area contributed by atoms with Gasteiger partial charge in [0.05, 0.1) is 10.7 Å². The number of rotatable bonds is 4. The van der Waals surface area contributed by atoms with Gasteiger partial charge >= 0.3 is 0 Å². The summed E-state index contributed by atoms with van der Waals surface area (Å²) in [7, 11) is 1.87. The Hall–Kier alpha value is -1.69. The molecule has 0 saturated carbocycles. The summed E-state index contributed by atoms with van der Waals surface area (Å²) >= 11 is 1.80. The first-order chi connectivity index (χ1) is 10.1. The molecule has 0 N–H and O–H groups in total. The summed E-state index contributed by atoms with van der Waals surface area (Å²) in [6, 6.07) is 1.83. The number of hydrogen-bond acceptors (Lipinski definition) is 4. The molecule has 2 aromatic rings. The fourth-order valence-corrected chi connectivity index (χ4v) is 3.96. The van der Waals surface area contributed by atoms with Crippen LogP contribution in [0.2, 0.25) is 0 Å². The summed E-state index contributed by atoms with van der Waals surface area (Å²) in [5.74, 6) is 0.475. The van der Waals surface area contributed by atoms with E-state index in [0.717, 1.165) is 24.4 Å². The van der Waals surface area contributed by atoms with E-state index in [2.05, 4.69) is 17.0 Å². The lowest BCUT2D eigenvalue weighted by molar-refractivity contribution is -0.131. The van der Waals surface area contributed by atoms with E-state index in [1.807, 2.05) is 24.2 Å². The highest BCUT2D eigenvalue weighted by Gasteiger charge is 2.26. The maximum absolute atomic E-state index is 12.2. The van der Waals surface area contributed by atoms with Crippen molar-refractivity contribution in [1.82, 2.24) is 19.7 Å². The molecule has 0 aromatic carbocycles. The number of carbonyl (C=O) groups excluding carboxylic acids is 1. The van der Waals surface area contributed by atoms with E-state index in [0.29, 0.717) is 12.5 Å². The molecular weight excluding hydrogens is 284 g/mol. The minimum absolute atomic E-state index is 0.0952. The van der Waals surface area contributed by atoms with Crippen molar-refractivity contribution in [1.29, 1.82) is 0 Å². The molecule has 0 radical (unpaired) electrons. The van der Waals surface area contributed by atoms with Crippen LogP contribution in [0.1, 0.15) is 34.3 Å². The van der Waals surface area contributed by atoms with Crippen LogP contribution in [0.15, 0.2) is 18.5 Å². The Morgan fingerprint density at radius 2 is 2.43 bits per heavy atom. The molecule has 1 unspecified atom stereocenters. The molecule has 5 nitrogen and oxygen atoms in total. The van der Waals surface area contributed by atoms with Crippen molar-refractivity contribution in [2.45, 2.75) is 38.6 Å². The lowest BCUT2D eigenvalue weighted by Crippen LogP contribution is -2.34. The Morgan fingerprint density at radius 1 is 1.57 bits per heavy atom. The lowest BCUT2D eigenvalue weighted by Gasteiger charge is -2.26. The Balaban J connectivity index is 1.65. The van der Waals surface area contributed by atoms with Crippen LogP contribution in [0.3, 0.4) is 0 Å². The van der Waals surface area contributed by atoms with Crippen LogP contribution in [0.4, 0.5) is 0 Å². The first-order valence-corrected chi connectivity index (χ1v) is 8.12. The molecule has 1 aliphatic rings. The van der Waals surface area contributed by atoms with Gasteiger partial charge in [-0.1, -0.05) is 0 Å². The summed E-state index contributed by atoms with van der Waals surface area (Å²) in [5, 5.41) is 5.22. The van der Waals surface area contributed by atoms with Crippen molar-refractivity contribution in [3.63, 3.8) is 0 Å². The average molecular weight is 304 g/mol. The van der Waals surface area contributed by atoms with Crippen LogP contribution in [-0.4, -0.2) is 39.2 Å². The summed E-state index contributed by atoms with van der Waals surface area (Å²) in [5.41, 5.74) is 1.22. The third kappa shape index (κ3) is 3.15. The highest BCUT2D eigenvalue weighted by Crippen LogP contribution is 2.34. The molecular formula is C15H20N4OS. The van der Waals surface area contributed by atoms with Gasteiger partial charge in [0.2, 0.25) is 5.91 Å². The summed E-state index contributed by atoms with van der Waals surface area (Å²) < 4.78 is 1.66. The van der Waals surface area contributed by atoms with Crippen LogP contribution >= 0.6 is 11.3 Å². The second-order valence-corrected chi connectivity index (χ2v) is 6.90. The minimum Gasteiger partial charge on any atom is -0.343 e. The van der Waals surface area contributed by atoms with Crippen molar-refractivity contribution in [2.24, 2.45) is 0 Å². The molecule has 3 rings (SSSR count). The predicted molar refractivity (Wildman–Crippen MR) is 82.4 cm³/mol. The molecule has 112 valence electrons. The molecule has 1 amide bonds. The lowest BCUT2D eigenvalue weighted by atomic mass is 9.90. The molecule has 2 aromatic heterocycles. The fraction of sp³-hybridized carbons (Fsp3) is 0.533. The van der Waals surface area contributed by atoms with E-state index in [1.165, 1.54) is 17.0 Å². The van der Waals surface area contributed by atoms with Crippen molar-refractivity contribution >= 4 is 17.2 Å². The van der Waals surface area contributed by atoms with Gasteiger partial charge in [0.25, 0.3) is 0 Å². The van der Waals surface area contributed by atoms with Gasteiger partial charge in [0.1, 0.15) is 6.54 Å². The number of amides is 1. The quantitative estimate of drug-likeness (QED) is 0.870. The Kier molecular flexibility index (Phi) is 4.05. The zero-order chi connectivity index (χ0) is 14.8. The van der Waals surface area contributed by atoms with Crippen LogP contribution in [0.5, 0.6) is 0 Å². The first kappa shape index (κ1) is 14.3. The van der Waals surface area contributed by atoms with Gasteiger partial charge in [-0.3, -0.25) is 9.48 Å². The predicted octanol–water partition coefficient (Wildman–Crippen LogP) is 2.23. The number of hydrogen-bond donors (Lipinski definition) is 0. The van der Waals surface area contributed by atoms with E-state index >= 15 is 0 Å². The van der Waals surface area contributed by atoms with E-state index in [1.54, 1.807) is 22.2 Å². The molecule has 1 aliphatic carbocycles. The maximum Gasteiger partial charge on any atom is 0.244 e. The van der Waals surface area contributed by atoms with Crippen LogP contribution in [0.25, 0.3) is 0 Å². The number of likely N-dealkylation sites (N-methyl/N-ethyl adjacent to an activating group) is 1. The SMILES string of the molecule is Cc1nc2c(s1)CCCC2CN(C)C(=O)Cn1cccn1. The average Bonchev–Trinajstić information content (AvgIpc) is 3.07. The molecule has 0 spiro atoms. The van der Waals surface area contributed by atoms with E-state index in [9.17, 15) is 4.79 Å². The number of fused-ring (bicyclic) bond motifs is 1. The van der Waals surface area contributed by atoms with Crippen molar-refractivity contribution in [2.75, 3.05) is 13.6 Å². The summed E-state index contributed by atoms with van der Waals surface area (Å²) in [6.45, 7) is 3.11. The highest BCUT2D eigenvalue weighted by molar-refractivity contribution is 7.11. The Morgan fingerprint density at radius 3 is 3.19 bits per heavy atom. The topological polar surface area (TPSA) is 51.0 Å². The van der Waals surface area contributed by atoms with Gasteiger partial charge in [-0.25, -0.2) is 4.98 Å². The van der Waals surface area contributed by atoms with Crippen molar-refractivity contribution < 1.29 is 4.79 Å². The molecule has 2 heterocycles. The number of carbonyl (C=O) groups is 1. The molecule has 0 saturated heterocycles. The molecule has 0 fully saturated rings. The monoisotopic (exact) mass is 304 g/mol. The molecule has 1 atom stereocenters. The molecule has 0 aliphatic heterocycles. The van der Waals surface area contributed by atoms with E-state index in [-0.39, 0.29) is 5.91 Å². The van der Waals surface area contributed by atoms with Crippen LogP contribution in [-0.2, 0) is 17.8 Å². The van der Waals surface area contributed by atoms with Gasteiger partial charge in [0.15, 0.2) is 0 Å². The standard InChI is InChI=1S/C15H20N4OS/c1-11-17-15-12(5-3-6-13(15)21-11)9-18(2)14(20)10-19-8-4-7-16-19/h4,7-8,12H,3,5-6,9-10H2,1-2H3.